The summed E-state index contributed by atoms with van der Waals surface area (Å²) in [7, 11) is 3.12. The van der Waals surface area contributed by atoms with Gasteiger partial charge in [0, 0.05) is 25.0 Å². The molecule has 1 aromatic carbocycles. The van der Waals surface area contributed by atoms with Gasteiger partial charge in [-0.05, 0) is 24.1 Å². The van der Waals surface area contributed by atoms with Crippen LogP contribution in [0.2, 0.25) is 0 Å². The number of carbonyl (C=O) groups excluding carboxylic acids is 1. The summed E-state index contributed by atoms with van der Waals surface area (Å²) in [6.45, 7) is 5.05. The second-order valence-electron chi connectivity index (χ2n) is 5.76. The summed E-state index contributed by atoms with van der Waals surface area (Å²) in [6.07, 6.45) is 3.24. The molecule has 0 unspecified atom stereocenters. The number of pyridine rings is 1. The number of rotatable bonds is 7. The van der Waals surface area contributed by atoms with Crippen LogP contribution in [0.3, 0.4) is 0 Å². The number of methoxy groups -OCH3 is 2. The van der Waals surface area contributed by atoms with Crippen LogP contribution in [-0.4, -0.2) is 31.7 Å². The molecule has 2 rings (SSSR count). The fourth-order valence-corrected chi connectivity index (χ4v) is 2.08. The van der Waals surface area contributed by atoms with Crippen molar-refractivity contribution in [3.8, 4) is 11.5 Å². The summed E-state index contributed by atoms with van der Waals surface area (Å²) in [5, 5.41) is 6.09. The van der Waals surface area contributed by atoms with Crippen LogP contribution >= 0.6 is 0 Å². The first kappa shape index (κ1) is 17.6. The van der Waals surface area contributed by atoms with Gasteiger partial charge in [0.05, 0.1) is 31.2 Å². The number of benzene rings is 1. The molecule has 0 bridgehead atoms. The minimum absolute atomic E-state index is 0.251. The van der Waals surface area contributed by atoms with Gasteiger partial charge in [-0.1, -0.05) is 13.8 Å². The standard InChI is InChI=1S/C18H23N3O3/c1-12(2)9-20-14-7-13(10-19-11-14)18(22)21-16-6-5-15(23-3)8-17(16)24-4/h5-8,10-12,20H,9H2,1-4H3,(H,21,22). The normalized spacial score (nSPS) is 10.4. The molecule has 128 valence electrons. The Bertz CT molecular complexity index is 702. The summed E-state index contributed by atoms with van der Waals surface area (Å²) < 4.78 is 10.4. The lowest BCUT2D eigenvalue weighted by atomic mass is 10.2. The van der Waals surface area contributed by atoms with Crippen molar-refractivity contribution in [1.82, 2.24) is 4.98 Å². The van der Waals surface area contributed by atoms with Crippen molar-refractivity contribution >= 4 is 17.3 Å². The molecule has 1 heterocycles. The van der Waals surface area contributed by atoms with Crippen molar-refractivity contribution in [3.63, 3.8) is 0 Å². The van der Waals surface area contributed by atoms with E-state index in [2.05, 4.69) is 29.5 Å². The molecule has 0 aliphatic carbocycles. The molecule has 6 heteroatoms. The minimum Gasteiger partial charge on any atom is -0.497 e. The molecular weight excluding hydrogens is 306 g/mol. The van der Waals surface area contributed by atoms with Gasteiger partial charge in [-0.2, -0.15) is 0 Å². The van der Waals surface area contributed by atoms with E-state index >= 15 is 0 Å². The minimum atomic E-state index is -0.251. The van der Waals surface area contributed by atoms with Crippen molar-refractivity contribution in [2.45, 2.75) is 13.8 Å². The van der Waals surface area contributed by atoms with Crippen molar-refractivity contribution < 1.29 is 14.3 Å². The number of hydrogen-bond donors (Lipinski definition) is 2. The van der Waals surface area contributed by atoms with Crippen molar-refractivity contribution in [2.75, 3.05) is 31.4 Å². The van der Waals surface area contributed by atoms with Gasteiger partial charge in [0.15, 0.2) is 0 Å². The number of nitrogens with one attached hydrogen (secondary N) is 2. The average Bonchev–Trinajstić information content (AvgIpc) is 2.60. The molecule has 0 saturated heterocycles. The first-order chi connectivity index (χ1) is 11.5. The highest BCUT2D eigenvalue weighted by molar-refractivity contribution is 6.05. The van der Waals surface area contributed by atoms with Gasteiger partial charge < -0.3 is 20.1 Å². The lowest BCUT2D eigenvalue weighted by molar-refractivity contribution is 0.102. The van der Waals surface area contributed by atoms with Crippen LogP contribution in [0.1, 0.15) is 24.2 Å². The highest BCUT2D eigenvalue weighted by atomic mass is 16.5. The predicted octanol–water partition coefficient (Wildman–Crippen LogP) is 3.42. The summed E-state index contributed by atoms with van der Waals surface area (Å²) in [4.78, 5) is 16.6. The first-order valence-electron chi connectivity index (χ1n) is 7.75. The van der Waals surface area contributed by atoms with Crippen LogP contribution in [0.25, 0.3) is 0 Å². The van der Waals surface area contributed by atoms with Crippen molar-refractivity contribution in [1.29, 1.82) is 0 Å². The molecule has 2 aromatic rings. The van der Waals surface area contributed by atoms with Gasteiger partial charge in [-0.3, -0.25) is 9.78 Å². The Hall–Kier alpha value is -2.76. The predicted molar refractivity (Wildman–Crippen MR) is 95.1 cm³/mol. The molecule has 0 aliphatic heterocycles. The van der Waals surface area contributed by atoms with E-state index in [1.807, 2.05) is 0 Å². The number of aromatic nitrogens is 1. The van der Waals surface area contributed by atoms with Gasteiger partial charge in [-0.15, -0.1) is 0 Å². The van der Waals surface area contributed by atoms with Gasteiger partial charge in [-0.25, -0.2) is 0 Å². The lowest BCUT2D eigenvalue weighted by Gasteiger charge is -2.12. The summed E-state index contributed by atoms with van der Waals surface area (Å²) in [5.41, 5.74) is 1.86. The smallest absolute Gasteiger partial charge is 0.257 e. The summed E-state index contributed by atoms with van der Waals surface area (Å²) in [6, 6.07) is 7.00. The third-order valence-corrected chi connectivity index (χ3v) is 3.37. The van der Waals surface area contributed by atoms with E-state index in [9.17, 15) is 4.79 Å². The fourth-order valence-electron chi connectivity index (χ4n) is 2.08. The Morgan fingerprint density at radius 3 is 2.62 bits per heavy atom. The van der Waals surface area contributed by atoms with E-state index in [0.717, 1.165) is 12.2 Å². The quantitative estimate of drug-likeness (QED) is 0.814. The highest BCUT2D eigenvalue weighted by Crippen LogP contribution is 2.29. The fraction of sp³-hybridized carbons (Fsp3) is 0.333. The van der Waals surface area contributed by atoms with E-state index in [-0.39, 0.29) is 5.91 Å². The molecule has 0 fully saturated rings. The topological polar surface area (TPSA) is 72.5 Å². The molecule has 0 aliphatic rings. The molecular formula is C18H23N3O3. The van der Waals surface area contributed by atoms with Crippen LogP contribution in [-0.2, 0) is 0 Å². The first-order valence-corrected chi connectivity index (χ1v) is 7.75. The van der Waals surface area contributed by atoms with Gasteiger partial charge in [0.2, 0.25) is 0 Å². The zero-order valence-corrected chi connectivity index (χ0v) is 14.4. The number of carbonyl (C=O) groups is 1. The van der Waals surface area contributed by atoms with Crippen LogP contribution < -0.4 is 20.1 Å². The maximum Gasteiger partial charge on any atom is 0.257 e. The van der Waals surface area contributed by atoms with Crippen molar-refractivity contribution in [3.05, 3.63) is 42.2 Å². The third kappa shape index (κ3) is 4.62. The molecule has 2 N–H and O–H groups in total. The zero-order valence-electron chi connectivity index (χ0n) is 14.4. The van der Waals surface area contributed by atoms with Crippen molar-refractivity contribution in [2.24, 2.45) is 5.92 Å². The number of amides is 1. The Balaban J connectivity index is 2.13. The van der Waals surface area contributed by atoms with Gasteiger partial charge in [0.25, 0.3) is 5.91 Å². The Labute approximate surface area is 142 Å². The Kier molecular flexibility index (Phi) is 6.01. The molecule has 0 atom stereocenters. The molecule has 1 amide bonds. The number of hydrogen-bond acceptors (Lipinski definition) is 5. The average molecular weight is 329 g/mol. The Morgan fingerprint density at radius 1 is 1.17 bits per heavy atom. The SMILES string of the molecule is COc1ccc(NC(=O)c2cncc(NCC(C)C)c2)c(OC)c1. The monoisotopic (exact) mass is 329 g/mol. The molecule has 0 spiro atoms. The van der Waals surface area contributed by atoms with E-state index in [1.165, 1.54) is 6.20 Å². The number of anilines is 2. The second-order valence-corrected chi connectivity index (χ2v) is 5.76. The number of ether oxygens (including phenoxy) is 2. The maximum absolute atomic E-state index is 12.5. The largest absolute Gasteiger partial charge is 0.497 e. The highest BCUT2D eigenvalue weighted by Gasteiger charge is 2.12. The molecule has 0 saturated carbocycles. The van der Waals surface area contributed by atoms with Crippen LogP contribution in [0, 0.1) is 5.92 Å². The lowest BCUT2D eigenvalue weighted by Crippen LogP contribution is -2.14. The number of nitrogens with zero attached hydrogens (tertiary/aromatic N) is 1. The van der Waals surface area contributed by atoms with E-state index in [1.54, 1.807) is 44.7 Å². The second kappa shape index (κ2) is 8.19. The van der Waals surface area contributed by atoms with Crippen LogP contribution in [0.5, 0.6) is 11.5 Å². The molecule has 24 heavy (non-hydrogen) atoms. The van der Waals surface area contributed by atoms with Gasteiger partial charge in [0.1, 0.15) is 11.5 Å². The van der Waals surface area contributed by atoms with E-state index in [0.29, 0.717) is 28.7 Å². The Morgan fingerprint density at radius 2 is 1.96 bits per heavy atom. The van der Waals surface area contributed by atoms with Crippen LogP contribution in [0.15, 0.2) is 36.7 Å². The third-order valence-electron chi connectivity index (χ3n) is 3.37. The summed E-state index contributed by atoms with van der Waals surface area (Å²) in [5.74, 6) is 1.45. The molecule has 6 nitrogen and oxygen atoms in total. The van der Waals surface area contributed by atoms with E-state index < -0.39 is 0 Å². The zero-order chi connectivity index (χ0) is 17.5. The summed E-state index contributed by atoms with van der Waals surface area (Å²) >= 11 is 0. The molecule has 0 radical (unpaired) electrons. The van der Waals surface area contributed by atoms with Gasteiger partial charge >= 0.3 is 0 Å². The van der Waals surface area contributed by atoms with E-state index in [4.69, 9.17) is 9.47 Å². The molecule has 1 aromatic heterocycles. The maximum atomic E-state index is 12.5. The van der Waals surface area contributed by atoms with Crippen LogP contribution in [0.4, 0.5) is 11.4 Å².